The predicted molar refractivity (Wildman–Crippen MR) is 127 cm³/mol. The maximum Gasteiger partial charge on any atom is 0.411 e. The van der Waals surface area contributed by atoms with Gasteiger partial charge in [0, 0.05) is 11.3 Å². The van der Waals surface area contributed by atoms with E-state index >= 15 is 0 Å². The summed E-state index contributed by atoms with van der Waals surface area (Å²) in [5.74, 6) is -0.231. The highest BCUT2D eigenvalue weighted by molar-refractivity contribution is 5.90. The number of aliphatic carboxylic acids is 1. The maximum atomic E-state index is 12.4. The molecule has 1 amide bonds. The summed E-state index contributed by atoms with van der Waals surface area (Å²) in [4.78, 5) is 24.6. The molecular weight excluding hydrogens is 422 g/mol. The van der Waals surface area contributed by atoms with Gasteiger partial charge in [-0.2, -0.15) is 0 Å². The molecule has 0 saturated heterocycles. The first kappa shape index (κ1) is 24.6. The minimum atomic E-state index is -1.23. The van der Waals surface area contributed by atoms with Crippen molar-refractivity contribution in [3.05, 3.63) is 46.5 Å². The molecule has 2 aromatic carbocycles. The third-order valence-corrected chi connectivity index (χ3v) is 5.50. The van der Waals surface area contributed by atoms with Gasteiger partial charge in [0.05, 0.1) is 18.8 Å². The zero-order valence-electron chi connectivity index (χ0n) is 20.2. The molecule has 0 spiro atoms. The number of rotatable bonds is 6. The number of carboxylic acids is 1. The summed E-state index contributed by atoms with van der Waals surface area (Å²) in [6.07, 6.45) is 0.0252. The van der Waals surface area contributed by atoms with Crippen LogP contribution in [0.1, 0.15) is 62.5 Å². The fraction of sp³-hybridized carbons (Fsp3) is 0.462. The molecule has 1 unspecified atom stereocenters. The highest BCUT2D eigenvalue weighted by Gasteiger charge is 2.32. The Morgan fingerprint density at radius 2 is 1.94 bits per heavy atom. The number of amides is 1. The molecule has 1 aliphatic rings. The number of hydrogen-bond acceptors (Lipinski definition) is 5. The van der Waals surface area contributed by atoms with Gasteiger partial charge in [-0.3, -0.25) is 5.32 Å². The lowest BCUT2D eigenvalue weighted by Gasteiger charge is -2.29. The Balaban J connectivity index is 2.24. The lowest BCUT2D eigenvalue weighted by atomic mass is 9.86. The van der Waals surface area contributed by atoms with E-state index in [1.165, 1.54) is 0 Å². The van der Waals surface area contributed by atoms with Crippen molar-refractivity contribution in [2.75, 3.05) is 18.5 Å². The van der Waals surface area contributed by atoms with Crippen molar-refractivity contribution < 1.29 is 28.9 Å². The summed E-state index contributed by atoms with van der Waals surface area (Å²) in [5, 5.41) is 12.9. The number of nitrogens with one attached hydrogen (secondary N) is 1. The Labute approximate surface area is 195 Å². The van der Waals surface area contributed by atoms with Crippen LogP contribution in [0.25, 0.3) is 11.1 Å². The van der Waals surface area contributed by atoms with E-state index in [0.29, 0.717) is 23.4 Å². The molecule has 178 valence electrons. The predicted octanol–water partition coefficient (Wildman–Crippen LogP) is 5.80. The van der Waals surface area contributed by atoms with Gasteiger partial charge in [-0.05, 0) is 100 Å². The van der Waals surface area contributed by atoms with Crippen molar-refractivity contribution >= 4 is 17.7 Å². The van der Waals surface area contributed by atoms with Gasteiger partial charge in [0.15, 0.2) is 6.10 Å². The van der Waals surface area contributed by atoms with E-state index in [0.717, 1.165) is 40.8 Å². The summed E-state index contributed by atoms with van der Waals surface area (Å²) < 4.78 is 16.8. The molecule has 1 aliphatic heterocycles. The average molecular weight is 456 g/mol. The number of aryl methyl sites for hydroxylation is 2. The molecule has 2 N–H and O–H groups in total. The first-order valence-corrected chi connectivity index (χ1v) is 11.3. The van der Waals surface area contributed by atoms with Crippen LogP contribution in [0.2, 0.25) is 0 Å². The van der Waals surface area contributed by atoms with Crippen molar-refractivity contribution in [2.24, 2.45) is 0 Å². The first-order valence-electron chi connectivity index (χ1n) is 11.3. The van der Waals surface area contributed by atoms with Crippen LogP contribution in [0.3, 0.4) is 0 Å². The van der Waals surface area contributed by atoms with Gasteiger partial charge in [0.1, 0.15) is 5.75 Å². The van der Waals surface area contributed by atoms with Gasteiger partial charge in [0.25, 0.3) is 0 Å². The molecule has 1 heterocycles. The number of carboxylic acid groups (broad SMARTS) is 1. The molecule has 7 nitrogen and oxygen atoms in total. The molecule has 0 fully saturated rings. The quantitative estimate of drug-likeness (QED) is 0.571. The van der Waals surface area contributed by atoms with Gasteiger partial charge in [0.2, 0.25) is 0 Å². The largest absolute Gasteiger partial charge is 0.493 e. The molecule has 0 aliphatic carbocycles. The zero-order chi connectivity index (χ0) is 24.3. The van der Waals surface area contributed by atoms with Gasteiger partial charge in [-0.1, -0.05) is 6.07 Å². The average Bonchev–Trinajstić information content (AvgIpc) is 2.73. The van der Waals surface area contributed by atoms with Crippen LogP contribution in [0.4, 0.5) is 10.5 Å². The highest BCUT2D eigenvalue weighted by atomic mass is 16.5. The second-order valence-electron chi connectivity index (χ2n) is 9.22. The second kappa shape index (κ2) is 9.83. The lowest BCUT2D eigenvalue weighted by Crippen LogP contribution is -2.28. The summed E-state index contributed by atoms with van der Waals surface area (Å²) in [5.41, 5.74) is 4.52. The number of carbonyl (C=O) groups is 2. The summed E-state index contributed by atoms with van der Waals surface area (Å²) in [7, 11) is 0. The fourth-order valence-electron chi connectivity index (χ4n) is 4.16. The van der Waals surface area contributed by atoms with Crippen LogP contribution in [0.15, 0.2) is 24.3 Å². The van der Waals surface area contributed by atoms with Crippen molar-refractivity contribution in [3.63, 3.8) is 0 Å². The summed E-state index contributed by atoms with van der Waals surface area (Å²) >= 11 is 0. The minimum absolute atomic E-state index is 0.233. The topological polar surface area (TPSA) is 94.1 Å². The van der Waals surface area contributed by atoms with Gasteiger partial charge in [-0.15, -0.1) is 0 Å². The van der Waals surface area contributed by atoms with Crippen LogP contribution in [0.5, 0.6) is 5.75 Å². The third kappa shape index (κ3) is 5.66. The number of anilines is 1. The van der Waals surface area contributed by atoms with Crippen molar-refractivity contribution in [1.82, 2.24) is 0 Å². The summed E-state index contributed by atoms with van der Waals surface area (Å²) in [6, 6.07) is 7.79. The molecule has 7 heteroatoms. The van der Waals surface area contributed by atoms with Crippen molar-refractivity contribution in [3.8, 4) is 16.9 Å². The number of benzene rings is 2. The molecule has 3 rings (SSSR count). The van der Waals surface area contributed by atoms with Gasteiger partial charge >= 0.3 is 12.1 Å². The van der Waals surface area contributed by atoms with E-state index in [9.17, 15) is 14.7 Å². The van der Waals surface area contributed by atoms with Crippen LogP contribution in [-0.2, 0) is 20.7 Å². The van der Waals surface area contributed by atoms with Crippen molar-refractivity contribution in [2.45, 2.75) is 66.1 Å². The third-order valence-electron chi connectivity index (χ3n) is 5.50. The molecule has 2 aromatic rings. The van der Waals surface area contributed by atoms with Gasteiger partial charge in [-0.25, -0.2) is 9.59 Å². The lowest BCUT2D eigenvalue weighted by molar-refractivity contribution is -0.160. The van der Waals surface area contributed by atoms with Crippen molar-refractivity contribution in [1.29, 1.82) is 0 Å². The van der Waals surface area contributed by atoms with E-state index < -0.39 is 23.8 Å². The smallest absolute Gasteiger partial charge is 0.411 e. The van der Waals surface area contributed by atoms with E-state index in [-0.39, 0.29) is 6.61 Å². The molecule has 33 heavy (non-hydrogen) atoms. The SMILES string of the molecule is CCOC(=O)Nc1cc(C)c(-c2ccc3c(c2)CCCO3)c(C(OC(C)(C)C)C(=O)O)c1C. The van der Waals surface area contributed by atoms with Gasteiger partial charge < -0.3 is 19.3 Å². The minimum Gasteiger partial charge on any atom is -0.493 e. The van der Waals surface area contributed by atoms with Crippen LogP contribution in [-0.4, -0.2) is 36.0 Å². The molecular formula is C26H33NO6. The van der Waals surface area contributed by atoms with E-state index in [2.05, 4.69) is 11.4 Å². The van der Waals surface area contributed by atoms with Crippen LogP contribution in [0, 0.1) is 13.8 Å². The zero-order valence-corrected chi connectivity index (χ0v) is 20.2. The monoisotopic (exact) mass is 455 g/mol. The Bertz CT molecular complexity index is 1050. The number of fused-ring (bicyclic) bond motifs is 1. The summed E-state index contributed by atoms with van der Waals surface area (Å²) in [6.45, 7) is 11.8. The standard InChI is InChI=1S/C26H33NO6/c1-7-31-25(30)27-19-13-15(2)21(18-10-11-20-17(14-18)9-8-12-32-20)22(16(19)3)23(24(28)29)33-26(4,5)6/h10-11,13-14,23H,7-9,12H2,1-6H3,(H,27,30)(H,28,29). The Kier molecular flexibility index (Phi) is 7.32. The molecule has 1 atom stereocenters. The normalized spacial score (nSPS) is 14.1. The Morgan fingerprint density at radius 1 is 1.21 bits per heavy atom. The highest BCUT2D eigenvalue weighted by Crippen LogP contribution is 2.42. The first-order chi connectivity index (χ1) is 15.5. The molecule has 0 aromatic heterocycles. The van der Waals surface area contributed by atoms with Crippen LogP contribution < -0.4 is 10.1 Å². The Morgan fingerprint density at radius 3 is 2.58 bits per heavy atom. The Hall–Kier alpha value is -3.06. The fourth-order valence-corrected chi connectivity index (χ4v) is 4.16. The number of carbonyl (C=O) groups excluding carboxylic acids is 1. The van der Waals surface area contributed by atoms with Crippen LogP contribution >= 0.6 is 0 Å². The van der Waals surface area contributed by atoms with E-state index in [4.69, 9.17) is 14.2 Å². The second-order valence-corrected chi connectivity index (χ2v) is 9.22. The van der Waals surface area contributed by atoms with E-state index in [1.807, 2.05) is 45.9 Å². The number of ether oxygens (including phenoxy) is 3. The van der Waals surface area contributed by atoms with E-state index in [1.54, 1.807) is 13.8 Å². The molecule has 0 radical (unpaired) electrons. The molecule has 0 saturated carbocycles. The number of hydrogen-bond donors (Lipinski definition) is 2. The maximum absolute atomic E-state index is 12.4. The molecule has 0 bridgehead atoms.